The summed E-state index contributed by atoms with van der Waals surface area (Å²) >= 11 is 0. The van der Waals surface area contributed by atoms with Crippen LogP contribution in [0.5, 0.6) is 0 Å². The van der Waals surface area contributed by atoms with Crippen molar-refractivity contribution in [2.24, 2.45) is 5.41 Å². The average molecular weight is 201 g/mol. The SMILES string of the molecule is COC(=O)C(C)(C)CC(C)(C)N(C)C. The summed E-state index contributed by atoms with van der Waals surface area (Å²) in [7, 11) is 5.48. The summed E-state index contributed by atoms with van der Waals surface area (Å²) in [6.07, 6.45) is 0.777. The molecule has 0 atom stereocenters. The van der Waals surface area contributed by atoms with E-state index < -0.39 is 5.41 Å². The van der Waals surface area contributed by atoms with Crippen LogP contribution in [0.15, 0.2) is 0 Å². The Balaban J connectivity index is 4.58. The molecule has 0 heterocycles. The molecule has 0 aromatic heterocycles. The zero-order valence-corrected chi connectivity index (χ0v) is 10.5. The molecule has 0 rings (SSSR count). The molecule has 0 aromatic carbocycles. The van der Waals surface area contributed by atoms with Crippen molar-refractivity contribution in [2.75, 3.05) is 21.2 Å². The largest absolute Gasteiger partial charge is 0.469 e. The first kappa shape index (κ1) is 13.4. The van der Waals surface area contributed by atoms with E-state index in [0.29, 0.717) is 0 Å². The molecule has 0 spiro atoms. The van der Waals surface area contributed by atoms with Crippen LogP contribution in [0.25, 0.3) is 0 Å². The van der Waals surface area contributed by atoms with Crippen molar-refractivity contribution in [1.29, 1.82) is 0 Å². The number of carbonyl (C=O) groups excluding carboxylic acids is 1. The molecule has 0 aliphatic carbocycles. The van der Waals surface area contributed by atoms with E-state index in [-0.39, 0.29) is 11.5 Å². The third-order valence-corrected chi connectivity index (χ3v) is 2.82. The fourth-order valence-electron chi connectivity index (χ4n) is 1.59. The lowest BCUT2D eigenvalue weighted by Crippen LogP contribution is -2.44. The van der Waals surface area contributed by atoms with Crippen LogP contribution in [0.2, 0.25) is 0 Å². The van der Waals surface area contributed by atoms with Gasteiger partial charge in [0.15, 0.2) is 0 Å². The number of nitrogens with zero attached hydrogens (tertiary/aromatic N) is 1. The Bertz CT molecular complexity index is 207. The summed E-state index contributed by atoms with van der Waals surface area (Å²) in [5.74, 6) is -0.146. The lowest BCUT2D eigenvalue weighted by atomic mass is 9.79. The quantitative estimate of drug-likeness (QED) is 0.651. The molecule has 0 fully saturated rings. The van der Waals surface area contributed by atoms with E-state index in [4.69, 9.17) is 4.74 Å². The van der Waals surface area contributed by atoms with Gasteiger partial charge in [-0.3, -0.25) is 4.79 Å². The molecule has 14 heavy (non-hydrogen) atoms. The van der Waals surface area contributed by atoms with Crippen LogP contribution in [0, 0.1) is 5.41 Å². The number of rotatable bonds is 4. The van der Waals surface area contributed by atoms with Crippen molar-refractivity contribution in [3.8, 4) is 0 Å². The molecule has 0 bridgehead atoms. The van der Waals surface area contributed by atoms with Crippen molar-refractivity contribution in [3.05, 3.63) is 0 Å². The highest BCUT2D eigenvalue weighted by Crippen LogP contribution is 2.31. The normalized spacial score (nSPS) is 13.1. The van der Waals surface area contributed by atoms with Gasteiger partial charge in [-0.15, -0.1) is 0 Å². The Morgan fingerprint density at radius 2 is 1.64 bits per heavy atom. The van der Waals surface area contributed by atoms with Crippen LogP contribution in [-0.2, 0) is 9.53 Å². The number of methoxy groups -OCH3 is 1. The topological polar surface area (TPSA) is 29.5 Å². The van der Waals surface area contributed by atoms with Crippen LogP contribution in [0.4, 0.5) is 0 Å². The van der Waals surface area contributed by atoms with Crippen molar-refractivity contribution in [1.82, 2.24) is 4.90 Å². The maximum Gasteiger partial charge on any atom is 0.311 e. The van der Waals surface area contributed by atoms with Gasteiger partial charge in [0.2, 0.25) is 0 Å². The fraction of sp³-hybridized carbons (Fsp3) is 0.909. The molecule has 3 heteroatoms. The van der Waals surface area contributed by atoms with Gasteiger partial charge >= 0.3 is 5.97 Å². The molecular weight excluding hydrogens is 178 g/mol. The molecule has 0 aliphatic heterocycles. The Morgan fingerprint density at radius 1 is 1.21 bits per heavy atom. The molecule has 0 aliphatic rings. The predicted octanol–water partition coefficient (Wildman–Crippen LogP) is 1.92. The van der Waals surface area contributed by atoms with E-state index in [1.54, 1.807) is 0 Å². The number of ether oxygens (including phenoxy) is 1. The highest BCUT2D eigenvalue weighted by atomic mass is 16.5. The van der Waals surface area contributed by atoms with Gasteiger partial charge < -0.3 is 9.64 Å². The molecule has 0 saturated carbocycles. The predicted molar refractivity (Wildman–Crippen MR) is 58.2 cm³/mol. The van der Waals surface area contributed by atoms with Crippen molar-refractivity contribution < 1.29 is 9.53 Å². The van der Waals surface area contributed by atoms with Gasteiger partial charge in [0.05, 0.1) is 12.5 Å². The average Bonchev–Trinajstić information content (AvgIpc) is 2.00. The maximum absolute atomic E-state index is 11.5. The number of carbonyl (C=O) groups is 1. The minimum absolute atomic E-state index is 0.00229. The Hall–Kier alpha value is -0.570. The van der Waals surface area contributed by atoms with Crippen molar-refractivity contribution >= 4 is 5.97 Å². The van der Waals surface area contributed by atoms with Gasteiger partial charge in [-0.1, -0.05) is 0 Å². The van der Waals surface area contributed by atoms with Gasteiger partial charge in [-0.25, -0.2) is 0 Å². The second-order valence-corrected chi connectivity index (χ2v) is 5.26. The molecule has 0 saturated heterocycles. The Kier molecular flexibility index (Phi) is 4.13. The first-order chi connectivity index (χ1) is 6.13. The van der Waals surface area contributed by atoms with E-state index >= 15 is 0 Å². The molecular formula is C11H23NO2. The Morgan fingerprint density at radius 3 is 1.93 bits per heavy atom. The Labute approximate surface area is 87.4 Å². The summed E-state index contributed by atoms with van der Waals surface area (Å²) in [5.41, 5.74) is -0.430. The highest BCUT2D eigenvalue weighted by molar-refractivity contribution is 5.75. The van der Waals surface area contributed by atoms with Crippen LogP contribution in [0.3, 0.4) is 0 Å². The summed E-state index contributed by atoms with van der Waals surface area (Å²) < 4.78 is 4.78. The third kappa shape index (κ3) is 3.29. The highest BCUT2D eigenvalue weighted by Gasteiger charge is 2.36. The monoisotopic (exact) mass is 201 g/mol. The molecule has 3 nitrogen and oxygen atoms in total. The number of hydrogen-bond acceptors (Lipinski definition) is 3. The van der Waals surface area contributed by atoms with Gasteiger partial charge in [0, 0.05) is 5.54 Å². The first-order valence-electron chi connectivity index (χ1n) is 4.89. The smallest absolute Gasteiger partial charge is 0.311 e. The second kappa shape index (κ2) is 4.30. The van der Waals surface area contributed by atoms with E-state index in [2.05, 4.69) is 18.7 Å². The number of esters is 1. The third-order valence-electron chi connectivity index (χ3n) is 2.82. The van der Waals surface area contributed by atoms with Gasteiger partial charge in [0.1, 0.15) is 0 Å². The minimum atomic E-state index is -0.428. The van der Waals surface area contributed by atoms with Crippen LogP contribution in [-0.4, -0.2) is 37.6 Å². The maximum atomic E-state index is 11.5. The van der Waals surface area contributed by atoms with Crippen molar-refractivity contribution in [2.45, 2.75) is 39.7 Å². The summed E-state index contributed by atoms with van der Waals surface area (Å²) in [5, 5.41) is 0. The molecule has 0 N–H and O–H groups in total. The second-order valence-electron chi connectivity index (χ2n) is 5.26. The fourth-order valence-corrected chi connectivity index (χ4v) is 1.59. The lowest BCUT2D eigenvalue weighted by Gasteiger charge is -2.38. The molecule has 0 radical (unpaired) electrons. The molecule has 84 valence electrons. The van der Waals surface area contributed by atoms with Gasteiger partial charge in [-0.05, 0) is 48.2 Å². The van der Waals surface area contributed by atoms with E-state index in [9.17, 15) is 4.79 Å². The van der Waals surface area contributed by atoms with E-state index in [1.807, 2.05) is 27.9 Å². The minimum Gasteiger partial charge on any atom is -0.469 e. The van der Waals surface area contributed by atoms with Crippen molar-refractivity contribution in [3.63, 3.8) is 0 Å². The van der Waals surface area contributed by atoms with Crippen LogP contribution >= 0.6 is 0 Å². The summed E-state index contributed by atoms with van der Waals surface area (Å²) in [6, 6.07) is 0. The standard InChI is InChI=1S/C11H23NO2/c1-10(2,9(13)14-7)8-11(3,4)12(5)6/h8H2,1-7H3. The van der Waals surface area contributed by atoms with E-state index in [1.165, 1.54) is 7.11 Å². The van der Waals surface area contributed by atoms with Crippen LogP contribution < -0.4 is 0 Å². The van der Waals surface area contributed by atoms with Crippen LogP contribution in [0.1, 0.15) is 34.1 Å². The van der Waals surface area contributed by atoms with E-state index in [0.717, 1.165) is 6.42 Å². The lowest BCUT2D eigenvalue weighted by molar-refractivity contribution is -0.152. The summed E-state index contributed by atoms with van der Waals surface area (Å²) in [4.78, 5) is 13.6. The van der Waals surface area contributed by atoms with Gasteiger partial charge in [0.25, 0.3) is 0 Å². The first-order valence-corrected chi connectivity index (χ1v) is 4.89. The number of hydrogen-bond donors (Lipinski definition) is 0. The zero-order valence-electron chi connectivity index (χ0n) is 10.5. The molecule has 0 unspecified atom stereocenters. The summed E-state index contributed by atoms with van der Waals surface area (Å²) in [6.45, 7) is 8.09. The zero-order chi connectivity index (χ0) is 11.6. The van der Waals surface area contributed by atoms with Gasteiger partial charge in [-0.2, -0.15) is 0 Å². The molecule has 0 aromatic rings. The molecule has 0 amide bonds.